The van der Waals surface area contributed by atoms with Crippen molar-refractivity contribution in [3.8, 4) is 0 Å². The highest BCUT2D eigenvalue weighted by Crippen LogP contribution is 2.31. The lowest BCUT2D eigenvalue weighted by Crippen LogP contribution is -2.29. The maximum absolute atomic E-state index is 3.99. The Kier molecular flexibility index (Phi) is 3.16. The molecule has 2 aliphatic rings. The Labute approximate surface area is 103 Å². The lowest BCUT2D eigenvalue weighted by Gasteiger charge is -2.17. The number of likely N-dealkylation sites (tertiary alicyclic amines) is 1. The van der Waals surface area contributed by atoms with Crippen LogP contribution in [-0.2, 0) is 0 Å². The first kappa shape index (κ1) is 11.2. The first-order chi connectivity index (χ1) is 8.33. The molecule has 1 saturated heterocycles. The molecule has 2 unspecified atom stereocenters. The maximum Gasteiger partial charge on any atom is 0.0518 e. The minimum atomic E-state index is 0.382. The number of hydrogen-bond acceptors (Lipinski definition) is 3. The Hall–Kier alpha value is -0.870. The van der Waals surface area contributed by atoms with Crippen molar-refractivity contribution in [1.29, 1.82) is 0 Å². The summed E-state index contributed by atoms with van der Waals surface area (Å²) in [6.07, 6.45) is 6.05. The van der Waals surface area contributed by atoms with Crippen molar-refractivity contribution in [3.63, 3.8) is 0 Å². The van der Waals surface area contributed by atoms with Crippen molar-refractivity contribution >= 4 is 0 Å². The highest BCUT2D eigenvalue weighted by Gasteiger charge is 2.34. The molecular weight excluding hydrogens is 212 g/mol. The van der Waals surface area contributed by atoms with Gasteiger partial charge in [-0.2, -0.15) is 5.10 Å². The van der Waals surface area contributed by atoms with E-state index in [-0.39, 0.29) is 0 Å². The van der Waals surface area contributed by atoms with E-state index in [9.17, 15) is 0 Å². The molecule has 4 nitrogen and oxygen atoms in total. The Morgan fingerprint density at radius 3 is 3.12 bits per heavy atom. The van der Waals surface area contributed by atoms with Gasteiger partial charge in [-0.3, -0.25) is 5.10 Å². The summed E-state index contributed by atoms with van der Waals surface area (Å²) in [5.41, 5.74) is 1.18. The number of nitrogens with one attached hydrogen (secondary N) is 2. The van der Waals surface area contributed by atoms with Crippen molar-refractivity contribution in [1.82, 2.24) is 20.4 Å². The Balaban J connectivity index is 1.42. The maximum atomic E-state index is 3.99. The molecule has 1 aliphatic carbocycles. The summed E-state index contributed by atoms with van der Waals surface area (Å²) in [5.74, 6) is 0.834. The van der Waals surface area contributed by atoms with Gasteiger partial charge in [0.05, 0.1) is 5.69 Å². The van der Waals surface area contributed by atoms with E-state index in [0.29, 0.717) is 6.04 Å². The van der Waals surface area contributed by atoms with Crippen molar-refractivity contribution in [2.75, 3.05) is 19.6 Å². The van der Waals surface area contributed by atoms with Crippen LogP contribution >= 0.6 is 0 Å². The van der Waals surface area contributed by atoms with Gasteiger partial charge in [0.1, 0.15) is 0 Å². The number of aromatic nitrogens is 2. The molecule has 3 rings (SSSR count). The monoisotopic (exact) mass is 234 g/mol. The van der Waals surface area contributed by atoms with E-state index in [2.05, 4.69) is 27.3 Å². The van der Waals surface area contributed by atoms with Crippen LogP contribution in [0.5, 0.6) is 0 Å². The standard InChI is InChI=1S/C13H22N4/c1-10(13-4-6-15-16-13)14-8-11-5-7-17(9-11)12-2-3-12/h4,6,10-12,14H,2-3,5,7-9H2,1H3,(H,15,16). The number of hydrogen-bond donors (Lipinski definition) is 2. The van der Waals surface area contributed by atoms with Crippen LogP contribution in [0.3, 0.4) is 0 Å². The third kappa shape index (κ3) is 2.69. The SMILES string of the molecule is CC(NCC1CCN(C2CC2)C1)c1ccn[nH]1. The number of H-pyrrole nitrogens is 1. The van der Waals surface area contributed by atoms with Gasteiger partial charge in [0.25, 0.3) is 0 Å². The van der Waals surface area contributed by atoms with Crippen LogP contribution in [0.2, 0.25) is 0 Å². The van der Waals surface area contributed by atoms with Crippen LogP contribution in [0.25, 0.3) is 0 Å². The average molecular weight is 234 g/mol. The molecular formula is C13H22N4. The molecule has 2 heterocycles. The van der Waals surface area contributed by atoms with E-state index in [1.165, 1.54) is 38.0 Å². The minimum absolute atomic E-state index is 0.382. The van der Waals surface area contributed by atoms with Crippen LogP contribution in [0, 0.1) is 5.92 Å². The molecule has 0 spiro atoms. The molecule has 0 aromatic carbocycles. The molecule has 1 aromatic rings. The van der Waals surface area contributed by atoms with E-state index < -0.39 is 0 Å². The number of nitrogens with zero attached hydrogens (tertiary/aromatic N) is 2. The first-order valence-corrected chi connectivity index (χ1v) is 6.79. The molecule has 0 bridgehead atoms. The average Bonchev–Trinajstić information content (AvgIpc) is 2.88. The van der Waals surface area contributed by atoms with Crippen LogP contribution < -0.4 is 5.32 Å². The second-order valence-corrected chi connectivity index (χ2v) is 5.52. The highest BCUT2D eigenvalue weighted by molar-refractivity contribution is 5.03. The third-order valence-electron chi connectivity index (χ3n) is 4.08. The summed E-state index contributed by atoms with van der Waals surface area (Å²) in [6, 6.07) is 3.36. The molecule has 2 atom stereocenters. The van der Waals surface area contributed by atoms with Gasteiger partial charge < -0.3 is 10.2 Å². The minimum Gasteiger partial charge on any atom is -0.309 e. The zero-order valence-corrected chi connectivity index (χ0v) is 10.5. The Morgan fingerprint density at radius 1 is 1.53 bits per heavy atom. The van der Waals surface area contributed by atoms with E-state index in [1.54, 1.807) is 0 Å². The number of aromatic amines is 1. The third-order valence-corrected chi connectivity index (χ3v) is 4.08. The fourth-order valence-electron chi connectivity index (χ4n) is 2.76. The molecule has 1 aromatic heterocycles. The van der Waals surface area contributed by atoms with Gasteiger partial charge in [0.15, 0.2) is 0 Å². The van der Waals surface area contributed by atoms with E-state index >= 15 is 0 Å². The lowest BCUT2D eigenvalue weighted by molar-refractivity contribution is 0.310. The molecule has 2 N–H and O–H groups in total. The van der Waals surface area contributed by atoms with Gasteiger partial charge in [-0.15, -0.1) is 0 Å². The smallest absolute Gasteiger partial charge is 0.0518 e. The van der Waals surface area contributed by atoms with E-state index in [4.69, 9.17) is 0 Å². The zero-order chi connectivity index (χ0) is 11.7. The largest absolute Gasteiger partial charge is 0.309 e. The Bertz CT molecular complexity index is 344. The molecule has 17 heavy (non-hydrogen) atoms. The van der Waals surface area contributed by atoms with Gasteiger partial charge in [-0.25, -0.2) is 0 Å². The fourth-order valence-corrected chi connectivity index (χ4v) is 2.76. The van der Waals surface area contributed by atoms with Gasteiger partial charge >= 0.3 is 0 Å². The Morgan fingerprint density at radius 2 is 2.41 bits per heavy atom. The van der Waals surface area contributed by atoms with Crippen molar-refractivity contribution in [3.05, 3.63) is 18.0 Å². The molecule has 4 heteroatoms. The van der Waals surface area contributed by atoms with Crippen molar-refractivity contribution in [2.45, 2.75) is 38.3 Å². The molecule has 1 aliphatic heterocycles. The molecule has 0 radical (unpaired) electrons. The summed E-state index contributed by atoms with van der Waals surface area (Å²) in [5, 5.41) is 10.6. The van der Waals surface area contributed by atoms with Gasteiger partial charge in [0.2, 0.25) is 0 Å². The second kappa shape index (κ2) is 4.78. The fraction of sp³-hybridized carbons (Fsp3) is 0.769. The topological polar surface area (TPSA) is 44.0 Å². The molecule has 1 saturated carbocycles. The van der Waals surface area contributed by atoms with Gasteiger partial charge in [0, 0.05) is 24.8 Å². The van der Waals surface area contributed by atoms with Crippen LogP contribution in [-0.4, -0.2) is 40.8 Å². The van der Waals surface area contributed by atoms with Crippen LogP contribution in [0.1, 0.15) is 37.9 Å². The van der Waals surface area contributed by atoms with E-state index in [0.717, 1.165) is 18.5 Å². The second-order valence-electron chi connectivity index (χ2n) is 5.52. The van der Waals surface area contributed by atoms with Gasteiger partial charge in [-0.05, 0) is 51.3 Å². The van der Waals surface area contributed by atoms with Crippen LogP contribution in [0.4, 0.5) is 0 Å². The normalized spacial score (nSPS) is 27.5. The summed E-state index contributed by atoms with van der Waals surface area (Å²) in [6.45, 7) is 5.94. The molecule has 94 valence electrons. The van der Waals surface area contributed by atoms with Crippen molar-refractivity contribution < 1.29 is 0 Å². The highest BCUT2D eigenvalue weighted by atomic mass is 15.2. The molecule has 0 amide bonds. The predicted octanol–water partition coefficient (Wildman–Crippen LogP) is 1.54. The van der Waals surface area contributed by atoms with Gasteiger partial charge in [-0.1, -0.05) is 0 Å². The van der Waals surface area contributed by atoms with Crippen molar-refractivity contribution in [2.24, 2.45) is 5.92 Å². The lowest BCUT2D eigenvalue weighted by atomic mass is 10.1. The zero-order valence-electron chi connectivity index (χ0n) is 10.5. The summed E-state index contributed by atoms with van der Waals surface area (Å²) >= 11 is 0. The predicted molar refractivity (Wildman–Crippen MR) is 67.7 cm³/mol. The first-order valence-electron chi connectivity index (χ1n) is 6.79. The summed E-state index contributed by atoms with van der Waals surface area (Å²) in [7, 11) is 0. The quantitative estimate of drug-likeness (QED) is 0.812. The number of rotatable bonds is 5. The summed E-state index contributed by atoms with van der Waals surface area (Å²) in [4.78, 5) is 2.67. The van der Waals surface area contributed by atoms with Crippen LogP contribution in [0.15, 0.2) is 12.3 Å². The summed E-state index contributed by atoms with van der Waals surface area (Å²) < 4.78 is 0. The van der Waals surface area contributed by atoms with E-state index in [1.807, 2.05) is 12.3 Å². The molecule has 2 fully saturated rings.